The summed E-state index contributed by atoms with van der Waals surface area (Å²) in [5, 5.41) is 20.8. The van der Waals surface area contributed by atoms with Crippen LogP contribution in [0.3, 0.4) is 0 Å². The Bertz CT molecular complexity index is 662. The van der Waals surface area contributed by atoms with E-state index in [1.807, 2.05) is 6.92 Å². The van der Waals surface area contributed by atoms with E-state index in [0.717, 1.165) is 19.0 Å². The minimum absolute atomic E-state index is 0.121. The molecule has 1 atom stereocenters. The van der Waals surface area contributed by atoms with Gasteiger partial charge in [0, 0.05) is 6.54 Å². The fraction of sp³-hybridized carbons (Fsp3) is 0.625. The Morgan fingerprint density at radius 2 is 2.10 bits per heavy atom. The van der Waals surface area contributed by atoms with Gasteiger partial charge in [-0.1, -0.05) is 26.2 Å². The van der Waals surface area contributed by atoms with Crippen LogP contribution in [-0.4, -0.2) is 57.4 Å². The van der Waals surface area contributed by atoms with Crippen LogP contribution in [-0.2, 0) is 15.8 Å². The van der Waals surface area contributed by atoms with Crippen molar-refractivity contribution in [2.75, 3.05) is 30.4 Å². The van der Waals surface area contributed by atoms with Gasteiger partial charge in [-0.15, -0.1) is 0 Å². The van der Waals surface area contributed by atoms with E-state index in [9.17, 15) is 28.0 Å². The number of hydrogen-bond donors (Lipinski definition) is 5. The molecule has 0 aliphatic carbocycles. The predicted octanol–water partition coefficient (Wildman–Crippen LogP) is 1.39. The summed E-state index contributed by atoms with van der Waals surface area (Å²) in [4.78, 5) is 29.9. The SMILES string of the molecule is CCCCCC(CN(O)C=O)C(=O)NNc1ncc(NCCO)c(C(F)(F)F)n1. The van der Waals surface area contributed by atoms with Crippen LogP contribution >= 0.6 is 0 Å². The first-order chi connectivity index (χ1) is 13.7. The lowest BCUT2D eigenvalue weighted by Crippen LogP contribution is -2.40. The Kier molecular flexibility index (Phi) is 10.1. The molecule has 1 rings (SSSR count). The first-order valence-electron chi connectivity index (χ1n) is 8.98. The van der Waals surface area contributed by atoms with Gasteiger partial charge in [-0.25, -0.2) is 15.0 Å². The maximum absolute atomic E-state index is 13.2. The van der Waals surface area contributed by atoms with Crippen LogP contribution in [0, 0.1) is 5.92 Å². The zero-order chi connectivity index (χ0) is 21.9. The number of carbonyl (C=O) groups excluding carboxylic acids is 2. The largest absolute Gasteiger partial charge is 0.435 e. The van der Waals surface area contributed by atoms with Crippen molar-refractivity contribution in [3.8, 4) is 0 Å². The number of hydrazine groups is 1. The smallest absolute Gasteiger partial charge is 0.395 e. The number of nitrogens with one attached hydrogen (secondary N) is 3. The second-order valence-corrected chi connectivity index (χ2v) is 6.14. The Hall–Kier alpha value is -2.67. The first-order valence-corrected chi connectivity index (χ1v) is 8.98. The third kappa shape index (κ3) is 8.48. The lowest BCUT2D eigenvalue weighted by Gasteiger charge is -2.20. The highest BCUT2D eigenvalue weighted by Gasteiger charge is 2.36. The first kappa shape index (κ1) is 24.4. The standard InChI is InChI=1S/C16H25F3N6O4/c1-2-3-4-5-11(9-25(29)10-27)14(28)23-24-15-21-8-12(20-6-7-26)13(22-15)16(17,18)19/h8,10-11,20,26,29H,2-7,9H2,1H3,(H,23,28)(H,21,22,24). The number of carbonyl (C=O) groups is 2. The van der Waals surface area contributed by atoms with Crippen LogP contribution in [0.4, 0.5) is 24.8 Å². The van der Waals surface area contributed by atoms with E-state index in [2.05, 4.69) is 26.1 Å². The number of aliphatic hydroxyl groups is 1. The van der Waals surface area contributed by atoms with E-state index in [-0.39, 0.29) is 26.1 Å². The van der Waals surface area contributed by atoms with Gasteiger partial charge in [0.15, 0.2) is 5.69 Å². The van der Waals surface area contributed by atoms with Crippen molar-refractivity contribution in [3.05, 3.63) is 11.9 Å². The molecule has 0 saturated heterocycles. The van der Waals surface area contributed by atoms with Crippen molar-refractivity contribution in [1.82, 2.24) is 20.5 Å². The van der Waals surface area contributed by atoms with Crippen molar-refractivity contribution in [2.24, 2.45) is 5.92 Å². The molecule has 0 fully saturated rings. The van der Waals surface area contributed by atoms with Gasteiger partial charge in [-0.05, 0) is 6.42 Å². The van der Waals surface area contributed by atoms with Crippen molar-refractivity contribution in [1.29, 1.82) is 0 Å². The van der Waals surface area contributed by atoms with Crippen molar-refractivity contribution in [3.63, 3.8) is 0 Å². The Labute approximate surface area is 165 Å². The number of alkyl halides is 3. The summed E-state index contributed by atoms with van der Waals surface area (Å²) in [6, 6.07) is 0. The van der Waals surface area contributed by atoms with Gasteiger partial charge in [-0.2, -0.15) is 13.2 Å². The summed E-state index contributed by atoms with van der Waals surface area (Å²) in [6.07, 6.45) is -0.986. The minimum Gasteiger partial charge on any atom is -0.395 e. The summed E-state index contributed by atoms with van der Waals surface area (Å²) in [6.45, 7) is 1.20. The van der Waals surface area contributed by atoms with Gasteiger partial charge in [0.1, 0.15) is 0 Å². The summed E-state index contributed by atoms with van der Waals surface area (Å²) in [7, 11) is 0. The predicted molar refractivity (Wildman–Crippen MR) is 96.6 cm³/mol. The molecule has 0 saturated carbocycles. The molecule has 2 amide bonds. The molecule has 0 bridgehead atoms. The molecule has 5 N–H and O–H groups in total. The lowest BCUT2D eigenvalue weighted by molar-refractivity contribution is -0.154. The van der Waals surface area contributed by atoms with E-state index in [0.29, 0.717) is 17.9 Å². The molecule has 0 aliphatic rings. The molecular weight excluding hydrogens is 397 g/mol. The van der Waals surface area contributed by atoms with E-state index in [1.54, 1.807) is 0 Å². The Morgan fingerprint density at radius 1 is 1.38 bits per heavy atom. The maximum Gasteiger partial charge on any atom is 0.435 e. The second kappa shape index (κ2) is 12.0. The number of anilines is 2. The van der Waals surface area contributed by atoms with Crippen molar-refractivity contribution < 1.29 is 33.1 Å². The molecule has 0 radical (unpaired) electrons. The molecule has 0 aliphatic heterocycles. The number of halogens is 3. The van der Waals surface area contributed by atoms with Gasteiger partial charge in [0.2, 0.25) is 18.3 Å². The van der Waals surface area contributed by atoms with Gasteiger partial charge in [0.25, 0.3) is 0 Å². The maximum atomic E-state index is 13.2. The summed E-state index contributed by atoms with van der Waals surface area (Å²) in [5.74, 6) is -1.91. The van der Waals surface area contributed by atoms with E-state index in [4.69, 9.17) is 5.11 Å². The van der Waals surface area contributed by atoms with E-state index in [1.165, 1.54) is 0 Å². The number of aliphatic hydroxyl groups excluding tert-OH is 1. The summed E-state index contributed by atoms with van der Waals surface area (Å²) in [5.41, 5.74) is 2.74. The third-order valence-electron chi connectivity index (χ3n) is 3.84. The summed E-state index contributed by atoms with van der Waals surface area (Å²) < 4.78 is 39.5. The Morgan fingerprint density at radius 3 is 2.69 bits per heavy atom. The normalized spacial score (nSPS) is 12.2. The fourth-order valence-corrected chi connectivity index (χ4v) is 2.41. The lowest BCUT2D eigenvalue weighted by atomic mass is 10.0. The highest BCUT2D eigenvalue weighted by molar-refractivity contribution is 5.80. The molecule has 1 heterocycles. The monoisotopic (exact) mass is 422 g/mol. The number of hydroxylamine groups is 2. The molecule has 10 nitrogen and oxygen atoms in total. The number of nitrogens with zero attached hydrogens (tertiary/aromatic N) is 3. The topological polar surface area (TPSA) is 140 Å². The molecule has 29 heavy (non-hydrogen) atoms. The molecule has 1 unspecified atom stereocenters. The average Bonchev–Trinajstić information content (AvgIpc) is 2.69. The second-order valence-electron chi connectivity index (χ2n) is 6.14. The number of aromatic nitrogens is 2. The van der Waals surface area contributed by atoms with E-state index >= 15 is 0 Å². The highest BCUT2D eigenvalue weighted by atomic mass is 19.4. The van der Waals surface area contributed by atoms with Gasteiger partial charge < -0.3 is 10.4 Å². The molecule has 0 spiro atoms. The summed E-state index contributed by atoms with van der Waals surface area (Å²) >= 11 is 0. The van der Waals surface area contributed by atoms with Crippen LogP contribution < -0.4 is 16.2 Å². The molecule has 0 aromatic carbocycles. The van der Waals surface area contributed by atoms with Crippen molar-refractivity contribution >= 4 is 24.0 Å². The third-order valence-corrected chi connectivity index (χ3v) is 3.84. The molecule has 164 valence electrons. The average molecular weight is 422 g/mol. The van der Waals surface area contributed by atoms with Gasteiger partial charge in [0.05, 0.1) is 31.0 Å². The fourth-order valence-electron chi connectivity index (χ4n) is 2.41. The zero-order valence-corrected chi connectivity index (χ0v) is 15.9. The molecule has 1 aromatic heterocycles. The quantitative estimate of drug-likeness (QED) is 0.139. The molecular formula is C16H25F3N6O4. The van der Waals surface area contributed by atoms with Crippen LogP contribution in [0.2, 0.25) is 0 Å². The van der Waals surface area contributed by atoms with Crippen LogP contribution in [0.5, 0.6) is 0 Å². The van der Waals surface area contributed by atoms with Crippen molar-refractivity contribution in [2.45, 2.75) is 38.8 Å². The Balaban J connectivity index is 2.84. The van der Waals surface area contributed by atoms with Gasteiger partial charge >= 0.3 is 6.18 Å². The van der Waals surface area contributed by atoms with Crippen LogP contribution in [0.15, 0.2) is 6.20 Å². The number of rotatable bonds is 13. The van der Waals surface area contributed by atoms with E-state index < -0.39 is 35.3 Å². The number of amides is 2. The number of hydrogen-bond acceptors (Lipinski definition) is 8. The minimum atomic E-state index is -4.79. The van der Waals surface area contributed by atoms with Crippen LogP contribution in [0.25, 0.3) is 0 Å². The highest BCUT2D eigenvalue weighted by Crippen LogP contribution is 2.33. The number of unbranched alkanes of at least 4 members (excludes halogenated alkanes) is 2. The molecule has 13 heteroatoms. The zero-order valence-electron chi connectivity index (χ0n) is 15.9. The van der Waals surface area contributed by atoms with Gasteiger partial charge in [-0.3, -0.25) is 25.6 Å². The molecule has 1 aromatic rings. The van der Waals surface area contributed by atoms with Crippen LogP contribution in [0.1, 0.15) is 38.3 Å².